The fourth-order valence-electron chi connectivity index (χ4n) is 4.11. The quantitative estimate of drug-likeness (QED) is 0.172. The second-order valence-electron chi connectivity index (χ2n) is 10.0. The number of carbonyl (C=O) groups excluding carboxylic acids is 1. The Morgan fingerprint density at radius 3 is 2.18 bits per heavy atom. The highest BCUT2D eigenvalue weighted by Crippen LogP contribution is 2.29. The molecule has 5 heteroatoms. The van der Waals surface area contributed by atoms with Gasteiger partial charge in [-0.25, -0.2) is 0 Å². The molecule has 5 nitrogen and oxygen atoms in total. The van der Waals surface area contributed by atoms with Crippen molar-refractivity contribution in [2.24, 2.45) is 5.92 Å². The van der Waals surface area contributed by atoms with Crippen LogP contribution < -0.4 is 4.74 Å². The number of hydrogen-bond donors (Lipinski definition) is 3. The molecule has 0 saturated carbocycles. The van der Waals surface area contributed by atoms with E-state index in [-0.39, 0.29) is 34.5 Å². The highest BCUT2D eigenvalue weighted by molar-refractivity contribution is 6.00. The van der Waals surface area contributed by atoms with Gasteiger partial charge in [0.25, 0.3) is 0 Å². The van der Waals surface area contributed by atoms with E-state index in [1.165, 1.54) is 42.0 Å². The van der Waals surface area contributed by atoms with Crippen LogP contribution in [0, 0.1) is 5.92 Å². The number of phenolic OH excluding ortho intramolecular Hbond substituents is 3. The van der Waals surface area contributed by atoms with E-state index in [1.54, 1.807) is 18.2 Å². The predicted molar refractivity (Wildman–Crippen MR) is 156 cm³/mol. The third kappa shape index (κ3) is 10.3. The first kappa shape index (κ1) is 30.5. The van der Waals surface area contributed by atoms with E-state index < -0.39 is 0 Å². The minimum Gasteiger partial charge on any atom is -0.508 e. The van der Waals surface area contributed by atoms with E-state index in [0.717, 1.165) is 31.2 Å². The molecule has 0 unspecified atom stereocenters. The van der Waals surface area contributed by atoms with Crippen LogP contribution in [0.15, 0.2) is 77.4 Å². The fourth-order valence-corrected chi connectivity index (χ4v) is 4.11. The highest BCUT2D eigenvalue weighted by Gasteiger charge is 2.21. The summed E-state index contributed by atoms with van der Waals surface area (Å²) in [6.45, 7) is 8.50. The van der Waals surface area contributed by atoms with Gasteiger partial charge in [0.05, 0.1) is 12.7 Å². The number of ketones is 1. The number of allylic oxidation sites excluding steroid dienone is 7. The molecule has 0 bridgehead atoms. The first-order chi connectivity index (χ1) is 18.1. The average Bonchev–Trinajstić information content (AvgIpc) is 2.86. The van der Waals surface area contributed by atoms with E-state index in [0.29, 0.717) is 18.6 Å². The van der Waals surface area contributed by atoms with Crippen molar-refractivity contribution < 1.29 is 24.9 Å². The summed E-state index contributed by atoms with van der Waals surface area (Å²) in [7, 11) is 1.50. The van der Waals surface area contributed by atoms with Crippen molar-refractivity contribution in [2.75, 3.05) is 7.11 Å². The standard InChI is InChI=1S/C33H42O5/c1-23(2)9-6-10-24(3)11-7-12-25(4)15-17-27(33(37)29-19-18-28(34)22-31(29)36)14-8-13-26-16-20-30(35)32(21-26)38-5/h8-9,11,13,15-16,18-22,27,34-36H,6-7,10,12,14,17H2,1-5H3/b13-8+,24-11+,25-15+/t27-/m1/s1. The van der Waals surface area contributed by atoms with Gasteiger partial charge >= 0.3 is 0 Å². The molecule has 0 aromatic heterocycles. The van der Waals surface area contributed by atoms with Gasteiger partial charge in [0.1, 0.15) is 11.5 Å². The molecule has 0 fully saturated rings. The summed E-state index contributed by atoms with van der Waals surface area (Å²) in [6.07, 6.45) is 15.5. The number of rotatable bonds is 14. The molecular formula is C33H42O5. The SMILES string of the molecule is COc1cc(/C=C/C[C@H](C/C=C(\C)CC/C=C(\C)CCC=C(C)C)C(=O)c2ccc(O)cc2O)ccc1O. The summed E-state index contributed by atoms with van der Waals surface area (Å²) in [5.74, 6) is -0.405. The normalized spacial score (nSPS) is 13.0. The van der Waals surface area contributed by atoms with Crippen LogP contribution in [0.2, 0.25) is 0 Å². The number of benzene rings is 2. The van der Waals surface area contributed by atoms with Crippen molar-refractivity contribution in [1.29, 1.82) is 0 Å². The van der Waals surface area contributed by atoms with Crippen molar-refractivity contribution >= 4 is 11.9 Å². The zero-order valence-corrected chi connectivity index (χ0v) is 23.3. The van der Waals surface area contributed by atoms with Crippen molar-refractivity contribution in [3.63, 3.8) is 0 Å². The molecule has 3 N–H and O–H groups in total. The third-order valence-corrected chi connectivity index (χ3v) is 6.43. The van der Waals surface area contributed by atoms with E-state index in [9.17, 15) is 20.1 Å². The van der Waals surface area contributed by atoms with Crippen LogP contribution in [0.5, 0.6) is 23.0 Å². The van der Waals surface area contributed by atoms with Crippen LogP contribution in [0.1, 0.15) is 82.1 Å². The van der Waals surface area contributed by atoms with Gasteiger partial charge in [-0.05, 0) is 96.0 Å². The zero-order chi connectivity index (χ0) is 28.1. The van der Waals surface area contributed by atoms with Gasteiger partial charge in [-0.3, -0.25) is 4.79 Å². The maximum atomic E-state index is 13.4. The minimum absolute atomic E-state index is 0.0686. The lowest BCUT2D eigenvalue weighted by Crippen LogP contribution is -2.14. The molecule has 0 aliphatic rings. The van der Waals surface area contributed by atoms with E-state index in [4.69, 9.17) is 4.74 Å². The van der Waals surface area contributed by atoms with Crippen molar-refractivity contribution in [3.05, 3.63) is 88.5 Å². The Bertz CT molecular complexity index is 1200. The van der Waals surface area contributed by atoms with Crippen molar-refractivity contribution in [3.8, 4) is 23.0 Å². The molecule has 0 aliphatic carbocycles. The third-order valence-electron chi connectivity index (χ3n) is 6.43. The number of hydrogen-bond acceptors (Lipinski definition) is 5. The van der Waals surface area contributed by atoms with Crippen LogP contribution in [0.25, 0.3) is 6.08 Å². The molecule has 204 valence electrons. The van der Waals surface area contributed by atoms with Gasteiger partial charge in [-0.1, -0.05) is 53.2 Å². The lowest BCUT2D eigenvalue weighted by molar-refractivity contribution is 0.0919. The first-order valence-corrected chi connectivity index (χ1v) is 13.1. The summed E-state index contributed by atoms with van der Waals surface area (Å²) < 4.78 is 5.17. The first-order valence-electron chi connectivity index (χ1n) is 13.1. The summed E-state index contributed by atoms with van der Waals surface area (Å²) in [4.78, 5) is 13.4. The molecule has 2 aromatic carbocycles. The van der Waals surface area contributed by atoms with Gasteiger partial charge in [0, 0.05) is 12.0 Å². The van der Waals surface area contributed by atoms with Gasteiger partial charge in [0.15, 0.2) is 17.3 Å². The van der Waals surface area contributed by atoms with Gasteiger partial charge in [-0.15, -0.1) is 0 Å². The Kier molecular flexibility index (Phi) is 12.4. The van der Waals surface area contributed by atoms with Gasteiger partial charge in [-0.2, -0.15) is 0 Å². The summed E-state index contributed by atoms with van der Waals surface area (Å²) in [5.41, 5.74) is 5.00. The Balaban J connectivity index is 2.11. The number of methoxy groups -OCH3 is 1. The summed E-state index contributed by atoms with van der Waals surface area (Å²) >= 11 is 0. The molecule has 0 saturated heterocycles. The number of aromatic hydroxyl groups is 3. The zero-order valence-electron chi connectivity index (χ0n) is 23.3. The fraction of sp³-hybridized carbons (Fsp3) is 0.364. The Hall–Kier alpha value is -3.73. The van der Waals surface area contributed by atoms with Gasteiger partial charge < -0.3 is 20.1 Å². The second kappa shape index (κ2) is 15.5. The largest absolute Gasteiger partial charge is 0.508 e. The van der Waals surface area contributed by atoms with Crippen LogP contribution in [0.3, 0.4) is 0 Å². The van der Waals surface area contributed by atoms with E-state index >= 15 is 0 Å². The molecule has 0 radical (unpaired) electrons. The highest BCUT2D eigenvalue weighted by atomic mass is 16.5. The number of phenols is 3. The topological polar surface area (TPSA) is 87.0 Å². The van der Waals surface area contributed by atoms with Crippen molar-refractivity contribution in [1.82, 2.24) is 0 Å². The molecule has 2 rings (SSSR count). The molecule has 0 heterocycles. The molecule has 0 aliphatic heterocycles. The monoisotopic (exact) mass is 518 g/mol. The molecule has 0 amide bonds. The molecule has 38 heavy (non-hydrogen) atoms. The van der Waals surface area contributed by atoms with E-state index in [1.807, 2.05) is 12.2 Å². The maximum Gasteiger partial charge on any atom is 0.170 e. The second-order valence-corrected chi connectivity index (χ2v) is 10.0. The molecule has 1 atom stereocenters. The lowest BCUT2D eigenvalue weighted by atomic mass is 9.89. The Labute approximate surface area is 227 Å². The molecule has 2 aromatic rings. The Morgan fingerprint density at radius 2 is 1.53 bits per heavy atom. The summed E-state index contributed by atoms with van der Waals surface area (Å²) in [6, 6.07) is 9.14. The maximum absolute atomic E-state index is 13.4. The number of ether oxygens (including phenoxy) is 1. The molecular weight excluding hydrogens is 476 g/mol. The van der Waals surface area contributed by atoms with Crippen LogP contribution in [-0.4, -0.2) is 28.2 Å². The number of Topliss-reactive ketones (excluding diaryl/α,β-unsaturated/α-hetero) is 1. The Morgan fingerprint density at radius 1 is 0.842 bits per heavy atom. The van der Waals surface area contributed by atoms with E-state index in [2.05, 4.69) is 45.9 Å². The van der Waals surface area contributed by atoms with Crippen LogP contribution in [0.4, 0.5) is 0 Å². The lowest BCUT2D eigenvalue weighted by Gasteiger charge is -2.14. The van der Waals surface area contributed by atoms with Crippen LogP contribution in [-0.2, 0) is 0 Å². The average molecular weight is 519 g/mol. The van der Waals surface area contributed by atoms with Gasteiger partial charge in [0.2, 0.25) is 0 Å². The van der Waals surface area contributed by atoms with Crippen LogP contribution >= 0.6 is 0 Å². The van der Waals surface area contributed by atoms with Crippen molar-refractivity contribution in [2.45, 2.75) is 66.2 Å². The molecule has 0 spiro atoms. The predicted octanol–water partition coefficient (Wildman–Crippen LogP) is 8.52. The minimum atomic E-state index is -0.378. The number of carbonyl (C=O) groups is 1. The smallest absolute Gasteiger partial charge is 0.170 e. The summed E-state index contributed by atoms with van der Waals surface area (Å²) in [5, 5.41) is 29.7.